The molecular weight excluding hydrogens is 496 g/mol. The molecule has 1 aromatic carbocycles. The third-order valence-electron chi connectivity index (χ3n) is 6.92. The lowest BCUT2D eigenvalue weighted by Crippen LogP contribution is -2.54. The quantitative estimate of drug-likeness (QED) is 0.336. The Kier molecular flexibility index (Phi) is 12.7. The highest BCUT2D eigenvalue weighted by Crippen LogP contribution is 2.26. The van der Waals surface area contributed by atoms with Gasteiger partial charge in [-0.05, 0) is 64.0 Å². The summed E-state index contributed by atoms with van der Waals surface area (Å²) < 4.78 is 5.39. The molecule has 9 heteroatoms. The zero-order valence-corrected chi connectivity index (χ0v) is 24.4. The molecule has 0 aromatic heterocycles. The average molecular weight is 545 g/mol. The maximum absolute atomic E-state index is 14.1. The molecule has 2 rings (SSSR count). The van der Waals surface area contributed by atoms with Crippen molar-refractivity contribution in [1.82, 2.24) is 15.5 Å². The SMILES string of the molecule is CCCCN(C(=O)C(CCC(N)=O)NC(=O)OC(C)(C)C)C(C(=O)NC1CCCCC1)c1ccc(CC)cc1. The lowest BCUT2D eigenvalue weighted by Gasteiger charge is -2.36. The van der Waals surface area contributed by atoms with Gasteiger partial charge in [-0.1, -0.05) is 63.8 Å². The smallest absolute Gasteiger partial charge is 0.408 e. The second kappa shape index (κ2) is 15.5. The van der Waals surface area contributed by atoms with E-state index in [0.717, 1.165) is 50.5 Å². The summed E-state index contributed by atoms with van der Waals surface area (Å²) in [5.74, 6) is -1.26. The molecule has 0 saturated heterocycles. The van der Waals surface area contributed by atoms with Gasteiger partial charge in [-0.3, -0.25) is 14.4 Å². The summed E-state index contributed by atoms with van der Waals surface area (Å²) in [6.45, 7) is 9.57. The van der Waals surface area contributed by atoms with Crippen molar-refractivity contribution in [3.05, 3.63) is 35.4 Å². The minimum absolute atomic E-state index is 0.00176. The van der Waals surface area contributed by atoms with Crippen molar-refractivity contribution in [2.45, 2.75) is 123 Å². The molecule has 1 saturated carbocycles. The molecule has 0 radical (unpaired) electrons. The predicted molar refractivity (Wildman–Crippen MR) is 152 cm³/mol. The van der Waals surface area contributed by atoms with Gasteiger partial charge in [-0.25, -0.2) is 4.79 Å². The van der Waals surface area contributed by atoms with Crippen LogP contribution in [0, 0.1) is 0 Å². The van der Waals surface area contributed by atoms with E-state index in [4.69, 9.17) is 10.5 Å². The Bertz CT molecular complexity index is 951. The molecule has 4 N–H and O–H groups in total. The van der Waals surface area contributed by atoms with Crippen LogP contribution < -0.4 is 16.4 Å². The average Bonchev–Trinajstić information content (AvgIpc) is 2.88. The van der Waals surface area contributed by atoms with Crippen LogP contribution in [-0.2, 0) is 25.5 Å². The molecule has 1 aromatic rings. The third kappa shape index (κ3) is 10.9. The summed E-state index contributed by atoms with van der Waals surface area (Å²) >= 11 is 0. The van der Waals surface area contributed by atoms with Gasteiger partial charge in [0.05, 0.1) is 0 Å². The van der Waals surface area contributed by atoms with Crippen molar-refractivity contribution in [3.8, 4) is 0 Å². The van der Waals surface area contributed by atoms with Crippen LogP contribution in [0.5, 0.6) is 0 Å². The number of alkyl carbamates (subject to hydrolysis) is 1. The van der Waals surface area contributed by atoms with E-state index in [2.05, 4.69) is 17.6 Å². The molecule has 0 heterocycles. The Balaban J connectivity index is 2.46. The molecular formula is C30H48N4O5. The maximum Gasteiger partial charge on any atom is 0.408 e. The monoisotopic (exact) mass is 544 g/mol. The molecule has 1 aliphatic rings. The topological polar surface area (TPSA) is 131 Å². The van der Waals surface area contributed by atoms with Crippen molar-refractivity contribution >= 4 is 23.8 Å². The number of rotatable bonds is 13. The number of primary amides is 1. The standard InChI is InChI=1S/C30H48N4O5/c1-6-8-20-34(28(37)24(18-19-25(31)35)33-29(38)39-30(3,4)5)26(22-16-14-21(7-2)15-17-22)27(36)32-23-12-10-9-11-13-23/h14-17,23-24,26H,6-13,18-20H2,1-5H3,(H2,31,35)(H,32,36)(H,33,38). The fraction of sp³-hybridized carbons (Fsp3) is 0.667. The van der Waals surface area contributed by atoms with E-state index in [9.17, 15) is 19.2 Å². The summed E-state index contributed by atoms with van der Waals surface area (Å²) in [5, 5.41) is 5.84. The van der Waals surface area contributed by atoms with E-state index in [-0.39, 0.29) is 24.8 Å². The first-order valence-corrected chi connectivity index (χ1v) is 14.4. The maximum atomic E-state index is 14.1. The molecule has 2 atom stereocenters. The van der Waals surface area contributed by atoms with Crippen molar-refractivity contribution < 1.29 is 23.9 Å². The van der Waals surface area contributed by atoms with E-state index in [1.54, 1.807) is 25.7 Å². The van der Waals surface area contributed by atoms with E-state index in [1.165, 1.54) is 0 Å². The Hall–Kier alpha value is -3.10. The number of aryl methyl sites for hydroxylation is 1. The first kappa shape index (κ1) is 32.1. The molecule has 1 aliphatic carbocycles. The third-order valence-corrected chi connectivity index (χ3v) is 6.92. The number of unbranched alkanes of at least 4 members (excludes halogenated alkanes) is 1. The fourth-order valence-electron chi connectivity index (χ4n) is 4.82. The van der Waals surface area contributed by atoms with Gasteiger partial charge in [0.25, 0.3) is 0 Å². The number of carbonyl (C=O) groups excluding carboxylic acids is 4. The molecule has 218 valence electrons. The highest BCUT2D eigenvalue weighted by molar-refractivity contribution is 5.92. The van der Waals surface area contributed by atoms with Crippen LogP contribution in [0.25, 0.3) is 0 Å². The summed E-state index contributed by atoms with van der Waals surface area (Å²) in [4.78, 5) is 53.8. The summed E-state index contributed by atoms with van der Waals surface area (Å²) in [6, 6.07) is 5.85. The van der Waals surface area contributed by atoms with Gasteiger partial charge in [-0.15, -0.1) is 0 Å². The number of nitrogens with zero attached hydrogens (tertiary/aromatic N) is 1. The van der Waals surface area contributed by atoms with Crippen LogP contribution in [0.3, 0.4) is 0 Å². The first-order chi connectivity index (χ1) is 18.4. The van der Waals surface area contributed by atoms with Crippen molar-refractivity contribution in [2.75, 3.05) is 6.54 Å². The molecule has 0 spiro atoms. The fourth-order valence-corrected chi connectivity index (χ4v) is 4.82. The minimum atomic E-state index is -1.08. The second-order valence-corrected chi connectivity index (χ2v) is 11.4. The number of hydrogen-bond acceptors (Lipinski definition) is 5. The molecule has 0 bridgehead atoms. The highest BCUT2D eigenvalue weighted by Gasteiger charge is 2.37. The van der Waals surface area contributed by atoms with Crippen molar-refractivity contribution in [1.29, 1.82) is 0 Å². The van der Waals surface area contributed by atoms with Gasteiger partial charge in [0, 0.05) is 19.0 Å². The number of benzene rings is 1. The van der Waals surface area contributed by atoms with Gasteiger partial charge in [-0.2, -0.15) is 0 Å². The van der Waals surface area contributed by atoms with E-state index < -0.39 is 35.6 Å². The van der Waals surface area contributed by atoms with Gasteiger partial charge < -0.3 is 26.0 Å². The summed E-state index contributed by atoms with van der Waals surface area (Å²) in [6.07, 6.45) is 6.58. The number of amides is 4. The molecule has 2 unspecified atom stereocenters. The number of hydrogen-bond donors (Lipinski definition) is 3. The van der Waals surface area contributed by atoms with Crippen LogP contribution in [0.2, 0.25) is 0 Å². The van der Waals surface area contributed by atoms with E-state index >= 15 is 0 Å². The molecule has 0 aliphatic heterocycles. The minimum Gasteiger partial charge on any atom is -0.444 e. The molecule has 4 amide bonds. The number of ether oxygens (including phenoxy) is 1. The zero-order chi connectivity index (χ0) is 29.0. The Morgan fingerprint density at radius 2 is 1.69 bits per heavy atom. The van der Waals surface area contributed by atoms with Gasteiger partial charge in [0.1, 0.15) is 17.7 Å². The van der Waals surface area contributed by atoms with Crippen LogP contribution in [0.1, 0.15) is 110 Å². The van der Waals surface area contributed by atoms with Gasteiger partial charge in [0.15, 0.2) is 0 Å². The lowest BCUT2D eigenvalue weighted by atomic mass is 9.94. The Morgan fingerprint density at radius 3 is 2.23 bits per heavy atom. The Morgan fingerprint density at radius 1 is 1.05 bits per heavy atom. The molecule has 9 nitrogen and oxygen atoms in total. The Labute approximate surface area is 233 Å². The van der Waals surface area contributed by atoms with Crippen LogP contribution >= 0.6 is 0 Å². The van der Waals surface area contributed by atoms with E-state index in [1.807, 2.05) is 31.2 Å². The van der Waals surface area contributed by atoms with Crippen molar-refractivity contribution in [3.63, 3.8) is 0 Å². The van der Waals surface area contributed by atoms with Crippen LogP contribution in [0.4, 0.5) is 4.79 Å². The van der Waals surface area contributed by atoms with Gasteiger partial charge in [0.2, 0.25) is 17.7 Å². The largest absolute Gasteiger partial charge is 0.444 e. The zero-order valence-electron chi connectivity index (χ0n) is 24.4. The second-order valence-electron chi connectivity index (χ2n) is 11.4. The van der Waals surface area contributed by atoms with Gasteiger partial charge >= 0.3 is 6.09 Å². The van der Waals surface area contributed by atoms with Crippen LogP contribution in [-0.4, -0.2) is 52.9 Å². The molecule has 39 heavy (non-hydrogen) atoms. The van der Waals surface area contributed by atoms with Crippen LogP contribution in [0.15, 0.2) is 24.3 Å². The normalized spacial score (nSPS) is 15.6. The lowest BCUT2D eigenvalue weighted by molar-refractivity contribution is -0.143. The first-order valence-electron chi connectivity index (χ1n) is 14.4. The van der Waals surface area contributed by atoms with E-state index in [0.29, 0.717) is 18.5 Å². The molecule has 1 fully saturated rings. The number of carbonyl (C=O) groups is 4. The number of nitrogens with one attached hydrogen (secondary N) is 2. The summed E-state index contributed by atoms with van der Waals surface area (Å²) in [7, 11) is 0. The predicted octanol–water partition coefficient (Wildman–Crippen LogP) is 4.53. The summed E-state index contributed by atoms with van der Waals surface area (Å²) in [5.41, 5.74) is 6.45. The number of nitrogens with two attached hydrogens (primary N) is 1. The van der Waals surface area contributed by atoms with Crippen molar-refractivity contribution in [2.24, 2.45) is 5.73 Å². The highest BCUT2D eigenvalue weighted by atomic mass is 16.6.